The molecule has 0 aromatic heterocycles. The molecular weight excluding hydrogens is 202 g/mol. The molecule has 1 rings (SSSR count). The van der Waals surface area contributed by atoms with Gasteiger partial charge in [0, 0.05) is 5.56 Å². The van der Waals surface area contributed by atoms with Crippen LogP contribution in [0.1, 0.15) is 37.0 Å². The third kappa shape index (κ3) is 1.98. The van der Waals surface area contributed by atoms with Crippen LogP contribution < -0.4 is 5.73 Å². The molecule has 0 radical (unpaired) electrons. The van der Waals surface area contributed by atoms with E-state index in [4.69, 9.17) is 5.73 Å². The first-order valence-corrected chi connectivity index (χ1v) is 5.48. The van der Waals surface area contributed by atoms with Crippen molar-refractivity contribution in [1.29, 1.82) is 0 Å². The molecule has 0 unspecified atom stereocenters. The van der Waals surface area contributed by atoms with Crippen LogP contribution in [0.2, 0.25) is 0 Å². The largest absolute Gasteiger partial charge is 0.369 e. The molecule has 0 saturated carbocycles. The smallest absolute Gasteiger partial charge is 0.231 e. The molecule has 0 saturated heterocycles. The molecule has 1 aromatic carbocycles. The number of ketones is 1. The van der Waals surface area contributed by atoms with E-state index in [1.165, 1.54) is 0 Å². The SMILES string of the molecule is CCC(CC)(C(N)=O)C(=O)c1ccccc1. The molecule has 16 heavy (non-hydrogen) atoms. The van der Waals surface area contributed by atoms with Gasteiger partial charge in [-0.3, -0.25) is 9.59 Å². The summed E-state index contributed by atoms with van der Waals surface area (Å²) in [6, 6.07) is 8.83. The van der Waals surface area contributed by atoms with E-state index in [9.17, 15) is 9.59 Å². The second kappa shape index (κ2) is 4.92. The van der Waals surface area contributed by atoms with E-state index in [-0.39, 0.29) is 5.78 Å². The van der Waals surface area contributed by atoms with Crippen LogP contribution >= 0.6 is 0 Å². The lowest BCUT2D eigenvalue weighted by molar-refractivity contribution is -0.125. The van der Waals surface area contributed by atoms with Crippen LogP contribution in [0.3, 0.4) is 0 Å². The lowest BCUT2D eigenvalue weighted by Crippen LogP contribution is -2.43. The normalized spacial score (nSPS) is 11.1. The van der Waals surface area contributed by atoms with Gasteiger partial charge in [0.2, 0.25) is 5.91 Å². The standard InChI is InChI=1S/C13H17NO2/c1-3-13(4-2,12(14)16)11(15)10-8-6-5-7-9-10/h5-9H,3-4H2,1-2H3,(H2,14,16). The Kier molecular flexibility index (Phi) is 3.82. The van der Waals surface area contributed by atoms with Gasteiger partial charge in [-0.15, -0.1) is 0 Å². The molecule has 1 aromatic rings. The average Bonchev–Trinajstić information content (AvgIpc) is 2.32. The molecule has 0 spiro atoms. The van der Waals surface area contributed by atoms with Crippen molar-refractivity contribution in [1.82, 2.24) is 0 Å². The lowest BCUT2D eigenvalue weighted by Gasteiger charge is -2.26. The topological polar surface area (TPSA) is 60.2 Å². The van der Waals surface area contributed by atoms with Crippen LogP contribution in [-0.2, 0) is 4.79 Å². The number of hydrogen-bond donors (Lipinski definition) is 1. The zero-order valence-corrected chi connectivity index (χ0v) is 9.69. The van der Waals surface area contributed by atoms with E-state index in [0.29, 0.717) is 18.4 Å². The van der Waals surface area contributed by atoms with Gasteiger partial charge < -0.3 is 5.73 Å². The van der Waals surface area contributed by atoms with Crippen molar-refractivity contribution in [2.75, 3.05) is 0 Å². The summed E-state index contributed by atoms with van der Waals surface area (Å²) in [7, 11) is 0. The van der Waals surface area contributed by atoms with Crippen LogP contribution in [0.5, 0.6) is 0 Å². The first-order valence-electron chi connectivity index (χ1n) is 5.48. The molecule has 1 amide bonds. The highest BCUT2D eigenvalue weighted by Gasteiger charge is 2.41. The van der Waals surface area contributed by atoms with Crippen molar-refractivity contribution in [3.63, 3.8) is 0 Å². The Bertz CT molecular complexity index is 380. The van der Waals surface area contributed by atoms with Gasteiger partial charge in [-0.05, 0) is 12.8 Å². The first kappa shape index (κ1) is 12.4. The van der Waals surface area contributed by atoms with Gasteiger partial charge in [-0.1, -0.05) is 44.2 Å². The summed E-state index contributed by atoms with van der Waals surface area (Å²) in [5.41, 5.74) is 4.86. The van der Waals surface area contributed by atoms with E-state index in [1.54, 1.807) is 24.3 Å². The van der Waals surface area contributed by atoms with Crippen molar-refractivity contribution in [3.05, 3.63) is 35.9 Å². The minimum atomic E-state index is -1.05. The number of primary amides is 1. The van der Waals surface area contributed by atoms with Gasteiger partial charge >= 0.3 is 0 Å². The Hall–Kier alpha value is -1.64. The Labute approximate surface area is 95.6 Å². The highest BCUT2D eigenvalue weighted by molar-refractivity contribution is 6.13. The summed E-state index contributed by atoms with van der Waals surface area (Å²) in [5, 5.41) is 0. The summed E-state index contributed by atoms with van der Waals surface area (Å²) in [5.74, 6) is -0.711. The zero-order chi connectivity index (χ0) is 12.2. The van der Waals surface area contributed by atoms with Crippen molar-refractivity contribution >= 4 is 11.7 Å². The van der Waals surface area contributed by atoms with Crippen LogP contribution in [0.15, 0.2) is 30.3 Å². The predicted molar refractivity (Wildman–Crippen MR) is 63.0 cm³/mol. The molecule has 3 nitrogen and oxygen atoms in total. The quantitative estimate of drug-likeness (QED) is 0.609. The molecule has 0 fully saturated rings. The minimum absolute atomic E-state index is 0.175. The Morgan fingerprint density at radius 3 is 2.00 bits per heavy atom. The maximum atomic E-state index is 12.3. The van der Waals surface area contributed by atoms with E-state index in [2.05, 4.69) is 0 Å². The number of carbonyl (C=O) groups excluding carboxylic acids is 2. The summed E-state index contributed by atoms with van der Waals surface area (Å²) in [6.45, 7) is 3.63. The maximum absolute atomic E-state index is 12.3. The number of carbonyl (C=O) groups is 2. The van der Waals surface area contributed by atoms with Gasteiger partial charge in [-0.25, -0.2) is 0 Å². The van der Waals surface area contributed by atoms with E-state index in [0.717, 1.165) is 0 Å². The molecule has 0 aliphatic rings. The summed E-state index contributed by atoms with van der Waals surface area (Å²) >= 11 is 0. The van der Waals surface area contributed by atoms with Crippen LogP contribution in [0.25, 0.3) is 0 Å². The van der Waals surface area contributed by atoms with Crippen molar-refractivity contribution < 1.29 is 9.59 Å². The maximum Gasteiger partial charge on any atom is 0.231 e. The third-order valence-electron chi connectivity index (χ3n) is 3.15. The van der Waals surface area contributed by atoms with Crippen molar-refractivity contribution in [2.24, 2.45) is 11.1 Å². The van der Waals surface area contributed by atoms with Crippen LogP contribution in [0, 0.1) is 5.41 Å². The fourth-order valence-corrected chi connectivity index (χ4v) is 1.90. The van der Waals surface area contributed by atoms with Gasteiger partial charge in [0.15, 0.2) is 5.78 Å². The summed E-state index contributed by atoms with van der Waals surface area (Å²) in [4.78, 5) is 23.8. The van der Waals surface area contributed by atoms with Crippen LogP contribution in [-0.4, -0.2) is 11.7 Å². The monoisotopic (exact) mass is 219 g/mol. The molecule has 0 aliphatic carbocycles. The van der Waals surface area contributed by atoms with Gasteiger partial charge in [0.05, 0.1) is 0 Å². The van der Waals surface area contributed by atoms with E-state index >= 15 is 0 Å². The molecule has 0 aliphatic heterocycles. The van der Waals surface area contributed by atoms with Gasteiger partial charge in [0.1, 0.15) is 5.41 Å². The minimum Gasteiger partial charge on any atom is -0.369 e. The highest BCUT2D eigenvalue weighted by Crippen LogP contribution is 2.30. The second-order valence-corrected chi connectivity index (χ2v) is 3.85. The number of rotatable bonds is 5. The number of hydrogen-bond acceptors (Lipinski definition) is 2. The summed E-state index contributed by atoms with van der Waals surface area (Å²) in [6.07, 6.45) is 0.874. The summed E-state index contributed by atoms with van der Waals surface area (Å²) < 4.78 is 0. The third-order valence-corrected chi connectivity index (χ3v) is 3.15. The van der Waals surface area contributed by atoms with Crippen molar-refractivity contribution in [3.8, 4) is 0 Å². The highest BCUT2D eigenvalue weighted by atomic mass is 16.2. The number of benzene rings is 1. The van der Waals surface area contributed by atoms with Gasteiger partial charge in [-0.2, -0.15) is 0 Å². The molecule has 2 N–H and O–H groups in total. The second-order valence-electron chi connectivity index (χ2n) is 3.85. The Morgan fingerprint density at radius 2 is 1.62 bits per heavy atom. The zero-order valence-electron chi connectivity index (χ0n) is 9.69. The number of nitrogens with two attached hydrogens (primary N) is 1. The molecule has 0 bridgehead atoms. The van der Waals surface area contributed by atoms with Crippen molar-refractivity contribution in [2.45, 2.75) is 26.7 Å². The number of amides is 1. The van der Waals surface area contributed by atoms with E-state index < -0.39 is 11.3 Å². The van der Waals surface area contributed by atoms with Crippen LogP contribution in [0.4, 0.5) is 0 Å². The molecule has 3 heteroatoms. The van der Waals surface area contributed by atoms with Gasteiger partial charge in [0.25, 0.3) is 0 Å². The predicted octanol–water partition coefficient (Wildman–Crippen LogP) is 2.16. The molecule has 0 heterocycles. The molecule has 86 valence electrons. The Balaban J connectivity index is 3.15. The lowest BCUT2D eigenvalue weighted by atomic mass is 9.75. The molecular formula is C13H17NO2. The van der Waals surface area contributed by atoms with E-state index in [1.807, 2.05) is 19.9 Å². The fourth-order valence-electron chi connectivity index (χ4n) is 1.90. The fraction of sp³-hybridized carbons (Fsp3) is 0.385. The number of Topliss-reactive ketones (excluding diaryl/α,β-unsaturated/α-hetero) is 1. The Morgan fingerprint density at radius 1 is 1.12 bits per heavy atom. The average molecular weight is 219 g/mol. The first-order chi connectivity index (χ1) is 7.58. The molecule has 0 atom stereocenters.